The number of nitrogens with one attached hydrogen (secondary N) is 1. The molecule has 0 spiro atoms. The summed E-state index contributed by atoms with van der Waals surface area (Å²) in [5.74, 6) is 0.314. The summed E-state index contributed by atoms with van der Waals surface area (Å²) in [5.41, 5.74) is 0.166. The quantitative estimate of drug-likeness (QED) is 0.524. The number of alkyl carbamates (subject to hydrolysis) is 1. The van der Waals surface area contributed by atoms with Gasteiger partial charge in [0.1, 0.15) is 10.3 Å². The first kappa shape index (κ1) is 25.6. The molecule has 1 aliphatic rings. The molecular weight excluding hydrogens is 488 g/mol. The Bertz CT molecular complexity index is 1370. The standard InChI is InChI=1S/C25H27F2N5O3S/c1-25(2,3)35-24(34)29-17-9-6-10-31(14-17)23-30-18-11-19(21(26)27)36-20(18)22(33)32(23)13-16-8-5-4-7-15(16)12-28/h4-5,7-8,11,17,21H,6,9-10,13-14H2,1-3H3,(H,29,34)/t17-/m1/s1. The van der Waals surface area contributed by atoms with Gasteiger partial charge in [0.15, 0.2) is 0 Å². The summed E-state index contributed by atoms with van der Waals surface area (Å²) in [6.07, 6.45) is -1.81. The number of nitrogens with zero attached hydrogens (tertiary/aromatic N) is 4. The molecule has 4 rings (SSSR count). The monoisotopic (exact) mass is 515 g/mol. The van der Waals surface area contributed by atoms with E-state index in [1.165, 1.54) is 10.6 Å². The van der Waals surface area contributed by atoms with Gasteiger partial charge in [-0.2, -0.15) is 5.26 Å². The van der Waals surface area contributed by atoms with Crippen LogP contribution in [0.5, 0.6) is 0 Å². The first-order valence-corrected chi connectivity index (χ1v) is 12.4. The molecule has 1 aliphatic heterocycles. The minimum absolute atomic E-state index is 0.0589. The number of aromatic nitrogens is 2. The van der Waals surface area contributed by atoms with Crippen LogP contribution in [0.3, 0.4) is 0 Å². The number of piperidine rings is 1. The van der Waals surface area contributed by atoms with Crippen molar-refractivity contribution in [2.45, 2.75) is 58.2 Å². The van der Waals surface area contributed by atoms with E-state index in [0.717, 1.165) is 17.8 Å². The summed E-state index contributed by atoms with van der Waals surface area (Å²) in [6, 6.07) is 10.1. The number of nitriles is 1. The number of fused-ring (bicyclic) bond motifs is 1. The van der Waals surface area contributed by atoms with Crippen LogP contribution in [0, 0.1) is 11.3 Å². The van der Waals surface area contributed by atoms with Gasteiger partial charge < -0.3 is 15.0 Å². The number of carbonyl (C=O) groups is 1. The molecule has 0 aliphatic carbocycles. The Hall–Kier alpha value is -3.52. The largest absolute Gasteiger partial charge is 0.444 e. The topological polar surface area (TPSA) is 100 Å². The summed E-state index contributed by atoms with van der Waals surface area (Å²) >= 11 is 0.733. The van der Waals surface area contributed by atoms with Gasteiger partial charge in [0.05, 0.1) is 28.6 Å². The van der Waals surface area contributed by atoms with Crippen LogP contribution in [0.2, 0.25) is 0 Å². The van der Waals surface area contributed by atoms with E-state index in [2.05, 4.69) is 16.4 Å². The van der Waals surface area contributed by atoms with E-state index in [9.17, 15) is 23.6 Å². The third kappa shape index (κ3) is 5.65. The van der Waals surface area contributed by atoms with Crippen LogP contribution in [0.15, 0.2) is 35.1 Å². The predicted molar refractivity (Wildman–Crippen MR) is 134 cm³/mol. The number of alkyl halides is 2. The van der Waals surface area contributed by atoms with Gasteiger partial charge in [-0.15, -0.1) is 11.3 Å². The fraction of sp³-hybridized carbons (Fsp3) is 0.440. The van der Waals surface area contributed by atoms with Gasteiger partial charge in [0.2, 0.25) is 5.95 Å². The molecule has 3 aromatic rings. The normalized spacial score (nSPS) is 16.2. The van der Waals surface area contributed by atoms with Crippen LogP contribution < -0.4 is 15.8 Å². The van der Waals surface area contributed by atoms with Gasteiger partial charge in [0.25, 0.3) is 12.0 Å². The smallest absolute Gasteiger partial charge is 0.407 e. The summed E-state index contributed by atoms with van der Waals surface area (Å²) in [6.45, 7) is 6.34. The lowest BCUT2D eigenvalue weighted by Gasteiger charge is -2.35. The number of benzene rings is 1. The molecule has 0 saturated carbocycles. The van der Waals surface area contributed by atoms with Crippen LogP contribution in [0.25, 0.3) is 10.2 Å². The van der Waals surface area contributed by atoms with E-state index in [1.807, 2.05) is 4.90 Å². The summed E-state index contributed by atoms with van der Waals surface area (Å²) in [4.78, 5) is 32.1. The van der Waals surface area contributed by atoms with Gasteiger partial charge >= 0.3 is 6.09 Å². The van der Waals surface area contributed by atoms with Crippen molar-refractivity contribution < 1.29 is 18.3 Å². The van der Waals surface area contributed by atoms with Crippen molar-refractivity contribution in [1.82, 2.24) is 14.9 Å². The molecule has 0 unspecified atom stereocenters. The maximum Gasteiger partial charge on any atom is 0.407 e. The van der Waals surface area contributed by atoms with Crippen LogP contribution in [0.1, 0.15) is 56.0 Å². The maximum absolute atomic E-state index is 13.5. The van der Waals surface area contributed by atoms with Crippen LogP contribution >= 0.6 is 11.3 Å². The molecule has 1 fully saturated rings. The lowest BCUT2D eigenvalue weighted by molar-refractivity contribution is 0.0499. The number of anilines is 1. The van der Waals surface area contributed by atoms with Crippen molar-refractivity contribution in [1.29, 1.82) is 5.26 Å². The highest BCUT2D eigenvalue weighted by Gasteiger charge is 2.28. The average molecular weight is 516 g/mol. The molecule has 1 N–H and O–H groups in total. The fourth-order valence-electron chi connectivity index (χ4n) is 4.20. The molecule has 2 aromatic heterocycles. The number of halogens is 2. The summed E-state index contributed by atoms with van der Waals surface area (Å²) in [7, 11) is 0. The number of carbonyl (C=O) groups excluding carboxylic acids is 1. The Morgan fingerprint density at radius 2 is 2.11 bits per heavy atom. The Morgan fingerprint density at radius 3 is 2.81 bits per heavy atom. The number of rotatable bonds is 5. The molecule has 8 nitrogen and oxygen atoms in total. The van der Waals surface area contributed by atoms with E-state index in [4.69, 9.17) is 4.74 Å². The van der Waals surface area contributed by atoms with E-state index >= 15 is 0 Å². The molecule has 3 heterocycles. The minimum Gasteiger partial charge on any atom is -0.444 e. The second kappa shape index (κ2) is 10.2. The second-order valence-electron chi connectivity index (χ2n) is 9.67. The van der Waals surface area contributed by atoms with Crippen molar-refractivity contribution in [3.8, 4) is 6.07 Å². The number of hydrogen-bond donors (Lipinski definition) is 1. The van der Waals surface area contributed by atoms with Crippen molar-refractivity contribution >= 4 is 33.6 Å². The van der Waals surface area contributed by atoms with Crippen molar-refractivity contribution in [3.05, 3.63) is 56.7 Å². The van der Waals surface area contributed by atoms with E-state index in [1.54, 1.807) is 45.0 Å². The molecule has 1 saturated heterocycles. The summed E-state index contributed by atoms with van der Waals surface area (Å²) in [5, 5.41) is 12.4. The Kier molecular flexibility index (Phi) is 7.26. The number of amides is 1. The van der Waals surface area contributed by atoms with Crippen molar-refractivity contribution in [2.75, 3.05) is 18.0 Å². The first-order valence-electron chi connectivity index (χ1n) is 11.6. The van der Waals surface area contributed by atoms with E-state index in [-0.39, 0.29) is 27.7 Å². The molecular formula is C25H27F2N5O3S. The lowest BCUT2D eigenvalue weighted by atomic mass is 10.1. The zero-order chi connectivity index (χ0) is 26.0. The van der Waals surface area contributed by atoms with Crippen molar-refractivity contribution in [3.63, 3.8) is 0 Å². The third-order valence-electron chi connectivity index (χ3n) is 5.74. The van der Waals surface area contributed by atoms with Gasteiger partial charge in [0, 0.05) is 19.1 Å². The molecule has 0 bridgehead atoms. The highest BCUT2D eigenvalue weighted by Crippen LogP contribution is 2.31. The number of hydrogen-bond acceptors (Lipinski definition) is 7. The zero-order valence-corrected chi connectivity index (χ0v) is 21.1. The Balaban J connectivity index is 1.73. The fourth-order valence-corrected chi connectivity index (χ4v) is 5.10. The first-order chi connectivity index (χ1) is 17.1. The lowest BCUT2D eigenvalue weighted by Crippen LogP contribution is -2.50. The van der Waals surface area contributed by atoms with Gasteiger partial charge in [-0.1, -0.05) is 18.2 Å². The second-order valence-corrected chi connectivity index (χ2v) is 10.8. The van der Waals surface area contributed by atoms with Crippen LogP contribution in [-0.4, -0.2) is 40.4 Å². The highest BCUT2D eigenvalue weighted by atomic mass is 32.1. The number of ether oxygens (including phenoxy) is 1. The molecule has 1 atom stereocenters. The van der Waals surface area contributed by atoms with E-state index in [0.29, 0.717) is 36.6 Å². The third-order valence-corrected chi connectivity index (χ3v) is 6.86. The zero-order valence-electron chi connectivity index (χ0n) is 20.3. The van der Waals surface area contributed by atoms with Gasteiger partial charge in [-0.25, -0.2) is 18.6 Å². The maximum atomic E-state index is 13.5. The summed E-state index contributed by atoms with van der Waals surface area (Å²) < 4.78 is 33.8. The molecule has 0 radical (unpaired) electrons. The van der Waals surface area contributed by atoms with Crippen LogP contribution in [0.4, 0.5) is 19.5 Å². The molecule has 36 heavy (non-hydrogen) atoms. The minimum atomic E-state index is -2.71. The van der Waals surface area contributed by atoms with Gasteiger partial charge in [-0.3, -0.25) is 9.36 Å². The van der Waals surface area contributed by atoms with Crippen LogP contribution in [-0.2, 0) is 11.3 Å². The molecule has 11 heteroatoms. The average Bonchev–Trinajstić information content (AvgIpc) is 3.25. The Labute approximate surface area is 211 Å². The number of thiophene rings is 1. The molecule has 1 aromatic carbocycles. The van der Waals surface area contributed by atoms with Crippen molar-refractivity contribution in [2.24, 2.45) is 0 Å². The Morgan fingerprint density at radius 1 is 1.36 bits per heavy atom. The van der Waals surface area contributed by atoms with E-state index < -0.39 is 23.7 Å². The SMILES string of the molecule is CC(C)(C)OC(=O)N[C@@H]1CCCN(c2nc3cc(C(F)F)sc3c(=O)n2Cc2ccccc2C#N)C1. The molecule has 1 amide bonds. The predicted octanol–water partition coefficient (Wildman–Crippen LogP) is 4.81. The molecule has 190 valence electrons. The highest BCUT2D eigenvalue weighted by molar-refractivity contribution is 7.19. The van der Waals surface area contributed by atoms with Gasteiger partial charge in [-0.05, 0) is 51.3 Å².